The molecule has 2 rings (SSSR count). The van der Waals surface area contributed by atoms with Crippen molar-refractivity contribution >= 4 is 11.9 Å². The van der Waals surface area contributed by atoms with E-state index in [4.69, 9.17) is 5.73 Å². The highest BCUT2D eigenvalue weighted by atomic mass is 16.1. The molecular formula is C12H18N4O. The van der Waals surface area contributed by atoms with Gasteiger partial charge in [-0.3, -0.25) is 9.55 Å². The van der Waals surface area contributed by atoms with Crippen molar-refractivity contribution in [3.63, 3.8) is 0 Å². The van der Waals surface area contributed by atoms with E-state index in [1.807, 2.05) is 6.08 Å². The maximum Gasteiger partial charge on any atom is 0.327 e. The molecule has 1 aliphatic heterocycles. The molecule has 5 heteroatoms. The van der Waals surface area contributed by atoms with E-state index < -0.39 is 0 Å². The third-order valence-corrected chi connectivity index (χ3v) is 3.06. The van der Waals surface area contributed by atoms with Gasteiger partial charge in [-0.1, -0.05) is 18.7 Å². The van der Waals surface area contributed by atoms with Crippen LogP contribution in [0.5, 0.6) is 0 Å². The first-order chi connectivity index (χ1) is 8.24. The maximum atomic E-state index is 11.9. The lowest BCUT2D eigenvalue weighted by molar-refractivity contribution is 0.360. The van der Waals surface area contributed by atoms with Crippen molar-refractivity contribution in [2.24, 2.45) is 0 Å². The van der Waals surface area contributed by atoms with Crippen molar-refractivity contribution in [2.45, 2.75) is 18.9 Å². The Hall–Kier alpha value is -1.75. The first kappa shape index (κ1) is 11.7. The molecule has 1 fully saturated rings. The monoisotopic (exact) mass is 234 g/mol. The number of hydrogen-bond donors (Lipinski definition) is 3. The minimum Gasteiger partial charge on any atom is -0.383 e. The zero-order chi connectivity index (χ0) is 12.3. The molecule has 92 valence electrons. The van der Waals surface area contributed by atoms with E-state index in [0.717, 1.165) is 31.6 Å². The van der Waals surface area contributed by atoms with Crippen LogP contribution in [-0.4, -0.2) is 22.6 Å². The molecule has 0 saturated carbocycles. The van der Waals surface area contributed by atoms with E-state index in [1.54, 1.807) is 16.7 Å². The van der Waals surface area contributed by atoms with Gasteiger partial charge in [0.15, 0.2) is 0 Å². The third-order valence-electron chi connectivity index (χ3n) is 3.06. The van der Waals surface area contributed by atoms with Gasteiger partial charge in [-0.15, -0.1) is 0 Å². The number of nitrogen functional groups attached to an aromatic ring is 1. The van der Waals surface area contributed by atoms with Crippen molar-refractivity contribution in [3.8, 4) is 0 Å². The van der Waals surface area contributed by atoms with Crippen molar-refractivity contribution < 1.29 is 0 Å². The molecule has 0 spiro atoms. The second kappa shape index (κ2) is 5.05. The van der Waals surface area contributed by atoms with Gasteiger partial charge >= 0.3 is 5.69 Å². The number of imidazole rings is 1. The highest BCUT2D eigenvalue weighted by molar-refractivity contribution is 5.59. The van der Waals surface area contributed by atoms with Crippen molar-refractivity contribution in [1.29, 1.82) is 0 Å². The average Bonchev–Trinajstić information content (AvgIpc) is 2.62. The van der Waals surface area contributed by atoms with Gasteiger partial charge in [0.25, 0.3) is 0 Å². The fraction of sp³-hybridized carbons (Fsp3) is 0.417. The number of nitrogens with two attached hydrogens (primary N) is 1. The summed E-state index contributed by atoms with van der Waals surface area (Å²) in [6.07, 6.45) is 7.18. The third kappa shape index (κ3) is 2.34. The summed E-state index contributed by atoms with van der Waals surface area (Å²) in [5.41, 5.74) is 6.44. The van der Waals surface area contributed by atoms with Crippen LogP contribution in [0.2, 0.25) is 0 Å². The Balaban J connectivity index is 2.40. The molecule has 0 unspecified atom stereocenters. The van der Waals surface area contributed by atoms with Gasteiger partial charge in [0.1, 0.15) is 5.82 Å². The van der Waals surface area contributed by atoms with Gasteiger partial charge in [-0.2, -0.15) is 0 Å². The number of nitrogens with zero attached hydrogens (tertiary/aromatic N) is 1. The van der Waals surface area contributed by atoms with Crippen molar-refractivity contribution in [1.82, 2.24) is 14.9 Å². The zero-order valence-corrected chi connectivity index (χ0v) is 9.78. The number of aromatic nitrogens is 2. The summed E-state index contributed by atoms with van der Waals surface area (Å²) in [5, 5.41) is 3.28. The lowest BCUT2D eigenvalue weighted by Gasteiger charge is -2.24. The molecule has 0 atom stereocenters. The molecule has 0 amide bonds. The van der Waals surface area contributed by atoms with Gasteiger partial charge < -0.3 is 11.1 Å². The number of H-pyrrole nitrogens is 1. The van der Waals surface area contributed by atoms with E-state index in [-0.39, 0.29) is 11.7 Å². The lowest BCUT2D eigenvalue weighted by atomic mass is 10.1. The largest absolute Gasteiger partial charge is 0.383 e. The summed E-state index contributed by atoms with van der Waals surface area (Å²) in [6.45, 7) is 5.49. The van der Waals surface area contributed by atoms with Gasteiger partial charge in [0.2, 0.25) is 0 Å². The number of piperidine rings is 1. The highest BCUT2D eigenvalue weighted by Crippen LogP contribution is 2.21. The average molecular weight is 234 g/mol. The summed E-state index contributed by atoms with van der Waals surface area (Å²) in [5.74, 6) is 0.423. The Kier molecular flexibility index (Phi) is 3.49. The van der Waals surface area contributed by atoms with E-state index in [1.165, 1.54) is 0 Å². The molecule has 0 radical (unpaired) electrons. The summed E-state index contributed by atoms with van der Waals surface area (Å²) < 4.78 is 1.76. The number of hydrogen-bond acceptors (Lipinski definition) is 3. The van der Waals surface area contributed by atoms with E-state index in [9.17, 15) is 4.79 Å². The molecule has 4 N–H and O–H groups in total. The van der Waals surface area contributed by atoms with Crippen LogP contribution in [0.1, 0.15) is 24.6 Å². The molecule has 17 heavy (non-hydrogen) atoms. The number of allylic oxidation sites excluding steroid dienone is 2. The lowest BCUT2D eigenvalue weighted by Crippen LogP contribution is -2.33. The van der Waals surface area contributed by atoms with Crippen LogP contribution < -0.4 is 16.7 Å². The van der Waals surface area contributed by atoms with Crippen molar-refractivity contribution in [2.75, 3.05) is 18.8 Å². The first-order valence-corrected chi connectivity index (χ1v) is 5.84. The second-order valence-corrected chi connectivity index (χ2v) is 4.18. The molecule has 1 aromatic heterocycles. The molecular weight excluding hydrogens is 216 g/mol. The summed E-state index contributed by atoms with van der Waals surface area (Å²) >= 11 is 0. The summed E-state index contributed by atoms with van der Waals surface area (Å²) in [7, 11) is 0. The van der Waals surface area contributed by atoms with Crippen molar-refractivity contribution in [3.05, 3.63) is 34.9 Å². The van der Waals surface area contributed by atoms with Crippen LogP contribution in [-0.2, 0) is 0 Å². The number of rotatable bonds is 3. The van der Waals surface area contributed by atoms with Crippen LogP contribution in [0.25, 0.3) is 6.08 Å². The topological polar surface area (TPSA) is 75.8 Å². The summed E-state index contributed by atoms with van der Waals surface area (Å²) in [4.78, 5) is 14.5. The molecule has 5 nitrogen and oxygen atoms in total. The summed E-state index contributed by atoms with van der Waals surface area (Å²) in [6, 6.07) is 0.224. The number of anilines is 1. The predicted molar refractivity (Wildman–Crippen MR) is 69.8 cm³/mol. The molecule has 0 aromatic carbocycles. The zero-order valence-electron chi connectivity index (χ0n) is 9.78. The quantitative estimate of drug-likeness (QED) is 0.680. The van der Waals surface area contributed by atoms with E-state index in [0.29, 0.717) is 5.82 Å². The Labute approximate surface area is 100 Å². The first-order valence-electron chi connectivity index (χ1n) is 5.84. The Morgan fingerprint density at radius 2 is 2.12 bits per heavy atom. The van der Waals surface area contributed by atoms with E-state index >= 15 is 0 Å². The van der Waals surface area contributed by atoms with Gasteiger partial charge in [-0.25, -0.2) is 4.79 Å². The molecule has 1 aromatic rings. The fourth-order valence-electron chi connectivity index (χ4n) is 2.24. The Bertz CT molecular complexity index is 477. The van der Waals surface area contributed by atoms with Crippen LogP contribution in [0.3, 0.4) is 0 Å². The Morgan fingerprint density at radius 1 is 1.41 bits per heavy atom. The van der Waals surface area contributed by atoms with Crippen LogP contribution in [0.15, 0.2) is 23.5 Å². The smallest absolute Gasteiger partial charge is 0.327 e. The number of nitrogens with one attached hydrogen (secondary N) is 2. The highest BCUT2D eigenvalue weighted by Gasteiger charge is 2.20. The SMILES string of the molecule is C=C/C=C\c1c(N)[nH]c(=O)n1C1CCNCC1. The Morgan fingerprint density at radius 3 is 2.76 bits per heavy atom. The standard InChI is InChI=1S/C12H18N4O/c1-2-3-4-10-11(13)15-12(17)16(10)9-5-7-14-8-6-9/h2-4,9,14H,1,5-8,13H2,(H,15,17)/b4-3-. The minimum atomic E-state index is -0.127. The second-order valence-electron chi connectivity index (χ2n) is 4.18. The number of aromatic amines is 1. The molecule has 1 saturated heterocycles. The maximum absolute atomic E-state index is 11.9. The van der Waals surface area contributed by atoms with Gasteiger partial charge in [0.05, 0.1) is 5.69 Å². The fourth-order valence-corrected chi connectivity index (χ4v) is 2.24. The minimum absolute atomic E-state index is 0.127. The van der Waals surface area contributed by atoms with Crippen LogP contribution >= 0.6 is 0 Å². The van der Waals surface area contributed by atoms with Gasteiger partial charge in [0, 0.05) is 6.04 Å². The normalized spacial score (nSPS) is 17.6. The molecule has 0 bridgehead atoms. The molecule has 1 aliphatic rings. The predicted octanol–water partition coefficient (Wildman–Crippen LogP) is 0.882. The van der Waals surface area contributed by atoms with Crippen LogP contribution in [0, 0.1) is 0 Å². The molecule has 0 aliphatic carbocycles. The van der Waals surface area contributed by atoms with Gasteiger partial charge in [-0.05, 0) is 32.0 Å². The molecule has 2 heterocycles. The van der Waals surface area contributed by atoms with Crippen LogP contribution in [0.4, 0.5) is 5.82 Å². The van der Waals surface area contributed by atoms with E-state index in [2.05, 4.69) is 16.9 Å².